The van der Waals surface area contributed by atoms with Gasteiger partial charge in [-0.2, -0.15) is 0 Å². The summed E-state index contributed by atoms with van der Waals surface area (Å²) in [6, 6.07) is 8.81. The predicted molar refractivity (Wildman–Crippen MR) is 70.2 cm³/mol. The molecule has 2 rings (SSSR count). The van der Waals surface area contributed by atoms with Gasteiger partial charge in [-0.1, -0.05) is 18.2 Å². The van der Waals surface area contributed by atoms with Gasteiger partial charge >= 0.3 is 0 Å². The minimum atomic E-state index is 0.338. The molecule has 17 heavy (non-hydrogen) atoms. The first-order valence-electron chi connectivity index (χ1n) is 5.74. The average molecular weight is 227 g/mol. The molecule has 2 aromatic rings. The highest BCUT2D eigenvalue weighted by Gasteiger charge is 2.03. The van der Waals surface area contributed by atoms with Gasteiger partial charge in [-0.05, 0) is 24.6 Å². The number of rotatable bonds is 5. The number of imidazole rings is 1. The average Bonchev–Trinajstić information content (AvgIpc) is 2.90. The van der Waals surface area contributed by atoms with Gasteiger partial charge in [0.2, 0.25) is 0 Å². The van der Waals surface area contributed by atoms with Gasteiger partial charge in [0.15, 0.2) is 0 Å². The molecule has 0 radical (unpaired) electrons. The highest BCUT2D eigenvalue weighted by atomic mass is 15.0. The molecule has 1 N–H and O–H groups in total. The third-order valence-corrected chi connectivity index (χ3v) is 2.76. The zero-order valence-electron chi connectivity index (χ0n) is 10.0. The molecular weight excluding hydrogens is 210 g/mol. The van der Waals surface area contributed by atoms with Crippen LogP contribution in [0.3, 0.4) is 0 Å². The second-order valence-electron chi connectivity index (χ2n) is 3.98. The Hall–Kier alpha value is -1.87. The van der Waals surface area contributed by atoms with E-state index in [1.807, 2.05) is 16.8 Å². The smallest absolute Gasteiger partial charge is 0.0991 e. The maximum absolute atomic E-state index is 4.04. The first kappa shape index (κ1) is 11.6. The van der Waals surface area contributed by atoms with Crippen molar-refractivity contribution in [1.29, 1.82) is 0 Å². The summed E-state index contributed by atoms with van der Waals surface area (Å²) in [5, 5.41) is 3.37. The second-order valence-corrected chi connectivity index (χ2v) is 3.98. The second kappa shape index (κ2) is 5.46. The normalized spacial score (nSPS) is 12.3. The van der Waals surface area contributed by atoms with Gasteiger partial charge in [0.25, 0.3) is 0 Å². The van der Waals surface area contributed by atoms with Crippen molar-refractivity contribution in [3.05, 3.63) is 61.2 Å². The number of aromatic nitrogens is 2. The minimum Gasteiger partial charge on any atom is -0.307 e. The van der Waals surface area contributed by atoms with Crippen molar-refractivity contribution >= 4 is 0 Å². The Morgan fingerprint density at radius 1 is 1.41 bits per heavy atom. The van der Waals surface area contributed by atoms with Crippen molar-refractivity contribution in [3.8, 4) is 5.69 Å². The molecule has 0 amide bonds. The zero-order chi connectivity index (χ0) is 12.1. The molecule has 1 atom stereocenters. The Labute approximate surface area is 102 Å². The third kappa shape index (κ3) is 2.82. The van der Waals surface area contributed by atoms with Crippen molar-refractivity contribution < 1.29 is 0 Å². The van der Waals surface area contributed by atoms with Crippen LogP contribution in [-0.4, -0.2) is 16.1 Å². The lowest BCUT2D eigenvalue weighted by Crippen LogP contribution is -2.18. The van der Waals surface area contributed by atoms with Crippen LogP contribution in [0, 0.1) is 0 Å². The summed E-state index contributed by atoms with van der Waals surface area (Å²) in [4.78, 5) is 4.04. The maximum atomic E-state index is 4.04. The minimum absolute atomic E-state index is 0.338. The quantitative estimate of drug-likeness (QED) is 0.796. The van der Waals surface area contributed by atoms with E-state index in [-0.39, 0.29) is 0 Å². The van der Waals surface area contributed by atoms with E-state index in [2.05, 4.69) is 48.1 Å². The molecule has 0 aliphatic carbocycles. The fourth-order valence-electron chi connectivity index (χ4n) is 1.72. The monoisotopic (exact) mass is 227 g/mol. The van der Waals surface area contributed by atoms with E-state index < -0.39 is 0 Å². The molecule has 0 saturated carbocycles. The first-order chi connectivity index (χ1) is 8.31. The molecule has 1 heterocycles. The number of nitrogens with one attached hydrogen (secondary N) is 1. The van der Waals surface area contributed by atoms with Crippen LogP contribution in [0.25, 0.3) is 5.69 Å². The Morgan fingerprint density at radius 3 is 2.76 bits per heavy atom. The van der Waals surface area contributed by atoms with E-state index in [4.69, 9.17) is 0 Å². The van der Waals surface area contributed by atoms with Crippen LogP contribution in [0.1, 0.15) is 18.5 Å². The van der Waals surface area contributed by atoms with Crippen LogP contribution >= 0.6 is 0 Å². The zero-order valence-corrected chi connectivity index (χ0v) is 10.0. The fraction of sp³-hybridized carbons (Fsp3) is 0.214. The maximum Gasteiger partial charge on any atom is 0.0991 e. The van der Waals surface area contributed by atoms with Crippen LogP contribution in [0.15, 0.2) is 55.6 Å². The van der Waals surface area contributed by atoms with E-state index in [9.17, 15) is 0 Å². The summed E-state index contributed by atoms with van der Waals surface area (Å²) in [6.45, 7) is 6.67. The van der Waals surface area contributed by atoms with Crippen LogP contribution < -0.4 is 5.32 Å². The van der Waals surface area contributed by atoms with Crippen molar-refractivity contribution in [2.75, 3.05) is 6.54 Å². The molecule has 1 aromatic heterocycles. The number of hydrogen-bond donors (Lipinski definition) is 1. The Kier molecular flexibility index (Phi) is 3.73. The SMILES string of the molecule is C=CCNC(C)c1ccc(-n2ccnc2)cc1. The largest absolute Gasteiger partial charge is 0.307 e. The lowest BCUT2D eigenvalue weighted by atomic mass is 10.1. The van der Waals surface area contributed by atoms with Gasteiger partial charge < -0.3 is 9.88 Å². The summed E-state index contributed by atoms with van der Waals surface area (Å²) in [5.74, 6) is 0. The van der Waals surface area contributed by atoms with Gasteiger partial charge in [-0.15, -0.1) is 6.58 Å². The van der Waals surface area contributed by atoms with E-state index in [1.165, 1.54) is 5.56 Å². The van der Waals surface area contributed by atoms with Crippen molar-refractivity contribution in [2.45, 2.75) is 13.0 Å². The molecule has 3 nitrogen and oxygen atoms in total. The molecule has 3 heteroatoms. The number of hydrogen-bond acceptors (Lipinski definition) is 2. The highest BCUT2D eigenvalue weighted by Crippen LogP contribution is 2.15. The van der Waals surface area contributed by atoms with Crippen molar-refractivity contribution in [3.63, 3.8) is 0 Å². The van der Waals surface area contributed by atoms with Gasteiger partial charge in [0, 0.05) is 30.7 Å². The Morgan fingerprint density at radius 2 is 2.18 bits per heavy atom. The van der Waals surface area contributed by atoms with Crippen LogP contribution in [0.2, 0.25) is 0 Å². The summed E-state index contributed by atoms with van der Waals surface area (Å²) in [6.07, 6.45) is 7.39. The fourth-order valence-corrected chi connectivity index (χ4v) is 1.72. The van der Waals surface area contributed by atoms with E-state index >= 15 is 0 Å². The van der Waals surface area contributed by atoms with Gasteiger partial charge in [-0.3, -0.25) is 0 Å². The molecule has 0 fully saturated rings. The molecular formula is C14H17N3. The van der Waals surface area contributed by atoms with Crippen LogP contribution in [0.5, 0.6) is 0 Å². The number of benzene rings is 1. The molecule has 0 bridgehead atoms. The molecule has 0 aliphatic heterocycles. The predicted octanol–water partition coefficient (Wildman–Crippen LogP) is 2.71. The van der Waals surface area contributed by atoms with E-state index in [0.29, 0.717) is 6.04 Å². The topological polar surface area (TPSA) is 29.9 Å². The standard InChI is InChI=1S/C14H17N3/c1-3-8-16-12(2)13-4-6-14(7-5-13)17-10-9-15-11-17/h3-7,9-12,16H,1,8H2,2H3. The van der Waals surface area contributed by atoms with Gasteiger partial charge in [-0.25, -0.2) is 4.98 Å². The molecule has 1 aromatic carbocycles. The summed E-state index contributed by atoms with van der Waals surface area (Å²) in [5.41, 5.74) is 2.40. The summed E-state index contributed by atoms with van der Waals surface area (Å²) in [7, 11) is 0. The summed E-state index contributed by atoms with van der Waals surface area (Å²) < 4.78 is 1.99. The third-order valence-electron chi connectivity index (χ3n) is 2.76. The lowest BCUT2D eigenvalue weighted by molar-refractivity contribution is 0.617. The molecule has 0 saturated heterocycles. The highest BCUT2D eigenvalue weighted by molar-refractivity contribution is 5.35. The molecule has 0 spiro atoms. The molecule has 0 aliphatic rings. The molecule has 1 unspecified atom stereocenters. The van der Waals surface area contributed by atoms with Crippen LogP contribution in [-0.2, 0) is 0 Å². The van der Waals surface area contributed by atoms with Crippen molar-refractivity contribution in [1.82, 2.24) is 14.9 Å². The Bertz CT molecular complexity index is 457. The van der Waals surface area contributed by atoms with Gasteiger partial charge in [0.1, 0.15) is 0 Å². The Balaban J connectivity index is 2.10. The first-order valence-corrected chi connectivity index (χ1v) is 5.74. The van der Waals surface area contributed by atoms with Crippen molar-refractivity contribution in [2.24, 2.45) is 0 Å². The van der Waals surface area contributed by atoms with E-state index in [1.54, 1.807) is 12.5 Å². The van der Waals surface area contributed by atoms with E-state index in [0.717, 1.165) is 12.2 Å². The molecule has 88 valence electrons. The van der Waals surface area contributed by atoms with Gasteiger partial charge in [0.05, 0.1) is 6.33 Å². The summed E-state index contributed by atoms with van der Waals surface area (Å²) >= 11 is 0. The van der Waals surface area contributed by atoms with Crippen LogP contribution in [0.4, 0.5) is 0 Å². The number of nitrogens with zero attached hydrogens (tertiary/aromatic N) is 2. The lowest BCUT2D eigenvalue weighted by Gasteiger charge is -2.13.